The molecular weight excluding hydrogens is 265 g/mol. The van der Waals surface area contributed by atoms with E-state index in [0.717, 1.165) is 18.4 Å². The summed E-state index contributed by atoms with van der Waals surface area (Å²) >= 11 is 0. The van der Waals surface area contributed by atoms with E-state index >= 15 is 0 Å². The van der Waals surface area contributed by atoms with Gasteiger partial charge in [-0.25, -0.2) is 12.8 Å². The maximum Gasteiger partial charge on any atom is 0.150 e. The fourth-order valence-corrected chi connectivity index (χ4v) is 2.84. The highest BCUT2D eigenvalue weighted by atomic mass is 32.2. The Morgan fingerprint density at radius 2 is 1.89 bits per heavy atom. The normalized spacial score (nSPS) is 13.4. The van der Waals surface area contributed by atoms with Crippen LogP contribution in [0.3, 0.4) is 0 Å². The molecule has 0 fully saturated rings. The maximum absolute atomic E-state index is 12.8. The third kappa shape index (κ3) is 6.16. The monoisotopic (exact) mass is 287 g/mol. The highest BCUT2D eigenvalue weighted by Crippen LogP contribution is 2.10. The van der Waals surface area contributed by atoms with Gasteiger partial charge < -0.3 is 5.32 Å². The third-order valence-corrected chi connectivity index (χ3v) is 5.04. The molecule has 1 atom stereocenters. The molecule has 1 unspecified atom stereocenters. The topological polar surface area (TPSA) is 46.2 Å². The summed E-state index contributed by atoms with van der Waals surface area (Å²) in [6.07, 6.45) is 2.24. The number of nitrogens with one attached hydrogen (secondary N) is 1. The number of hydrogen-bond acceptors (Lipinski definition) is 3. The summed E-state index contributed by atoms with van der Waals surface area (Å²) in [5, 5.41) is 3.18. The molecular formula is C14H22FNO2S. The van der Waals surface area contributed by atoms with Crippen LogP contribution in [-0.4, -0.2) is 33.0 Å². The fourth-order valence-electron chi connectivity index (χ4n) is 1.95. The summed E-state index contributed by atoms with van der Waals surface area (Å²) in [4.78, 5) is 0. The highest BCUT2D eigenvalue weighted by molar-refractivity contribution is 7.91. The smallest absolute Gasteiger partial charge is 0.150 e. The lowest BCUT2D eigenvalue weighted by atomic mass is 10.0. The van der Waals surface area contributed by atoms with Gasteiger partial charge in [0.05, 0.1) is 5.75 Å². The Morgan fingerprint density at radius 3 is 2.42 bits per heavy atom. The first-order chi connectivity index (χ1) is 8.96. The zero-order valence-electron chi connectivity index (χ0n) is 11.5. The molecule has 0 aliphatic rings. The van der Waals surface area contributed by atoms with Gasteiger partial charge in [0.2, 0.25) is 0 Å². The van der Waals surface area contributed by atoms with Gasteiger partial charge in [-0.15, -0.1) is 0 Å². The molecule has 1 aromatic carbocycles. The van der Waals surface area contributed by atoms with E-state index in [2.05, 4.69) is 5.32 Å². The molecule has 0 aromatic heterocycles. The van der Waals surface area contributed by atoms with Gasteiger partial charge in [-0.2, -0.15) is 0 Å². The van der Waals surface area contributed by atoms with Crippen molar-refractivity contribution in [3.8, 4) is 0 Å². The minimum absolute atomic E-state index is 0.204. The van der Waals surface area contributed by atoms with E-state index in [4.69, 9.17) is 0 Å². The standard InChI is InChI=1S/C14H22FNO2S/c1-3-19(17,18)10-4-5-14(16-2)11-12-6-8-13(15)9-7-12/h6-9,14,16H,3-5,10-11H2,1-2H3. The minimum Gasteiger partial charge on any atom is -0.317 e. The Bertz CT molecular complexity index is 471. The van der Waals surface area contributed by atoms with E-state index in [9.17, 15) is 12.8 Å². The van der Waals surface area contributed by atoms with Gasteiger partial charge in [0.15, 0.2) is 0 Å². The van der Waals surface area contributed by atoms with E-state index in [1.54, 1.807) is 19.1 Å². The van der Waals surface area contributed by atoms with Gasteiger partial charge in [0.25, 0.3) is 0 Å². The number of sulfone groups is 1. The molecule has 0 radical (unpaired) electrons. The molecule has 3 nitrogen and oxygen atoms in total. The fraction of sp³-hybridized carbons (Fsp3) is 0.571. The number of halogens is 1. The second-order valence-electron chi connectivity index (χ2n) is 4.69. The van der Waals surface area contributed by atoms with Gasteiger partial charge in [0, 0.05) is 11.8 Å². The molecule has 0 spiro atoms. The summed E-state index contributed by atoms with van der Waals surface area (Å²) in [6, 6.07) is 6.65. The summed E-state index contributed by atoms with van der Waals surface area (Å²) in [5.74, 6) is 0.207. The van der Waals surface area contributed by atoms with E-state index in [0.29, 0.717) is 6.42 Å². The Labute approximate surface area is 115 Å². The molecule has 108 valence electrons. The lowest BCUT2D eigenvalue weighted by Gasteiger charge is -2.16. The van der Waals surface area contributed by atoms with Crippen LogP contribution in [-0.2, 0) is 16.3 Å². The van der Waals surface area contributed by atoms with Crippen molar-refractivity contribution in [2.45, 2.75) is 32.2 Å². The van der Waals surface area contributed by atoms with Crippen molar-refractivity contribution in [3.63, 3.8) is 0 Å². The molecule has 1 rings (SSSR count). The second kappa shape index (κ2) is 7.60. The van der Waals surface area contributed by atoms with Gasteiger partial charge in [-0.1, -0.05) is 19.1 Å². The predicted octanol–water partition coefficient (Wildman–Crippen LogP) is 2.17. The van der Waals surface area contributed by atoms with Crippen LogP contribution in [0.2, 0.25) is 0 Å². The van der Waals surface area contributed by atoms with Crippen LogP contribution in [0.5, 0.6) is 0 Å². The Hall–Kier alpha value is -0.940. The molecule has 1 aromatic rings. The Balaban J connectivity index is 2.44. The van der Waals surface area contributed by atoms with E-state index < -0.39 is 9.84 Å². The molecule has 19 heavy (non-hydrogen) atoms. The maximum atomic E-state index is 12.8. The Kier molecular flexibility index (Phi) is 6.45. The van der Waals surface area contributed by atoms with Gasteiger partial charge in [-0.05, 0) is 44.0 Å². The van der Waals surface area contributed by atoms with Crippen LogP contribution < -0.4 is 5.32 Å². The van der Waals surface area contributed by atoms with Crippen LogP contribution in [0, 0.1) is 5.82 Å². The van der Waals surface area contributed by atoms with Crippen molar-refractivity contribution in [2.75, 3.05) is 18.6 Å². The number of hydrogen-bond donors (Lipinski definition) is 1. The average molecular weight is 287 g/mol. The summed E-state index contributed by atoms with van der Waals surface area (Å²) in [5.41, 5.74) is 1.05. The SMILES string of the molecule is CCS(=O)(=O)CCCC(Cc1ccc(F)cc1)NC. The van der Waals surface area contributed by atoms with E-state index in [-0.39, 0.29) is 23.4 Å². The third-order valence-electron chi connectivity index (χ3n) is 3.25. The van der Waals surface area contributed by atoms with Crippen molar-refractivity contribution in [3.05, 3.63) is 35.6 Å². The molecule has 0 aliphatic heterocycles. The molecule has 0 saturated heterocycles. The van der Waals surface area contributed by atoms with Crippen LogP contribution >= 0.6 is 0 Å². The van der Waals surface area contributed by atoms with Crippen LogP contribution in [0.1, 0.15) is 25.3 Å². The summed E-state index contributed by atoms with van der Waals surface area (Å²) in [6.45, 7) is 1.67. The second-order valence-corrected chi connectivity index (χ2v) is 7.17. The molecule has 0 saturated carbocycles. The predicted molar refractivity (Wildman–Crippen MR) is 76.5 cm³/mol. The van der Waals surface area contributed by atoms with Crippen molar-refractivity contribution >= 4 is 9.84 Å². The molecule has 5 heteroatoms. The lowest BCUT2D eigenvalue weighted by Crippen LogP contribution is -2.28. The number of rotatable bonds is 8. The summed E-state index contributed by atoms with van der Waals surface area (Å²) in [7, 11) is -1.02. The number of benzene rings is 1. The first-order valence-electron chi connectivity index (χ1n) is 6.59. The Morgan fingerprint density at radius 1 is 1.26 bits per heavy atom. The van der Waals surface area contributed by atoms with Crippen molar-refractivity contribution in [1.82, 2.24) is 5.32 Å². The first kappa shape index (κ1) is 16.1. The van der Waals surface area contributed by atoms with Crippen molar-refractivity contribution in [2.24, 2.45) is 0 Å². The zero-order valence-corrected chi connectivity index (χ0v) is 12.3. The largest absolute Gasteiger partial charge is 0.317 e. The minimum atomic E-state index is -2.88. The molecule has 1 N–H and O–H groups in total. The quantitative estimate of drug-likeness (QED) is 0.797. The van der Waals surface area contributed by atoms with E-state index in [1.807, 2.05) is 7.05 Å². The molecule has 0 amide bonds. The first-order valence-corrected chi connectivity index (χ1v) is 8.41. The van der Waals surface area contributed by atoms with Crippen molar-refractivity contribution < 1.29 is 12.8 Å². The number of likely N-dealkylation sites (N-methyl/N-ethyl adjacent to an activating group) is 1. The van der Waals surface area contributed by atoms with Crippen LogP contribution in [0.25, 0.3) is 0 Å². The lowest BCUT2D eigenvalue weighted by molar-refractivity contribution is 0.510. The molecule has 0 heterocycles. The zero-order chi connectivity index (χ0) is 14.3. The highest BCUT2D eigenvalue weighted by Gasteiger charge is 2.11. The van der Waals surface area contributed by atoms with Crippen LogP contribution in [0.15, 0.2) is 24.3 Å². The average Bonchev–Trinajstić information content (AvgIpc) is 2.40. The van der Waals surface area contributed by atoms with Gasteiger partial charge in [0.1, 0.15) is 15.7 Å². The van der Waals surface area contributed by atoms with Gasteiger partial charge in [-0.3, -0.25) is 0 Å². The van der Waals surface area contributed by atoms with Crippen LogP contribution in [0.4, 0.5) is 4.39 Å². The van der Waals surface area contributed by atoms with Crippen molar-refractivity contribution in [1.29, 1.82) is 0 Å². The molecule has 0 bridgehead atoms. The summed E-state index contributed by atoms with van der Waals surface area (Å²) < 4.78 is 35.6. The van der Waals surface area contributed by atoms with E-state index in [1.165, 1.54) is 12.1 Å². The van der Waals surface area contributed by atoms with Gasteiger partial charge >= 0.3 is 0 Å². The molecule has 0 aliphatic carbocycles.